The van der Waals surface area contributed by atoms with Crippen LogP contribution in [0.25, 0.3) is 0 Å². The van der Waals surface area contributed by atoms with Crippen LogP contribution in [0, 0.1) is 0 Å². The lowest BCUT2D eigenvalue weighted by Crippen LogP contribution is -2.27. The molecule has 0 saturated heterocycles. The van der Waals surface area contributed by atoms with Crippen molar-refractivity contribution in [2.45, 2.75) is 38.9 Å². The van der Waals surface area contributed by atoms with E-state index in [2.05, 4.69) is 25.8 Å². The largest absolute Gasteiger partial charge is 0.298 e. The molecule has 84 valence electrons. The Kier molecular flexibility index (Phi) is 2.59. The standard InChI is InChI=1S/C11H17FN2S/c1-11(2,3)10-13-9-7(12)5-14(4)6-8(9)15-10/h7H,5-6H2,1-4H3. The van der Waals surface area contributed by atoms with E-state index in [1.54, 1.807) is 11.3 Å². The molecule has 0 fully saturated rings. The summed E-state index contributed by atoms with van der Waals surface area (Å²) in [6.45, 7) is 7.67. The summed E-state index contributed by atoms with van der Waals surface area (Å²) in [7, 11) is 1.95. The van der Waals surface area contributed by atoms with Crippen LogP contribution in [0.4, 0.5) is 4.39 Å². The predicted molar refractivity (Wildman–Crippen MR) is 61.0 cm³/mol. The molecule has 0 aromatic carbocycles. The highest BCUT2D eigenvalue weighted by Crippen LogP contribution is 2.36. The van der Waals surface area contributed by atoms with Crippen LogP contribution in [-0.4, -0.2) is 23.5 Å². The average Bonchev–Trinajstić information content (AvgIpc) is 2.46. The molecule has 2 heterocycles. The summed E-state index contributed by atoms with van der Waals surface area (Å²) in [6, 6.07) is 0. The van der Waals surface area contributed by atoms with Crippen molar-refractivity contribution in [1.29, 1.82) is 0 Å². The Balaban J connectivity index is 2.39. The fraction of sp³-hybridized carbons (Fsp3) is 0.727. The summed E-state index contributed by atoms with van der Waals surface area (Å²) in [5.41, 5.74) is 0.711. The van der Waals surface area contributed by atoms with Gasteiger partial charge >= 0.3 is 0 Å². The van der Waals surface area contributed by atoms with E-state index in [9.17, 15) is 4.39 Å². The number of rotatable bonds is 0. The predicted octanol–water partition coefficient (Wildman–Crippen LogP) is 2.90. The molecule has 0 amide bonds. The summed E-state index contributed by atoms with van der Waals surface area (Å²) in [6.07, 6.45) is -0.911. The first-order valence-corrected chi connectivity index (χ1v) is 6.02. The lowest BCUT2D eigenvalue weighted by Gasteiger charge is -2.23. The third-order valence-corrected chi connectivity index (χ3v) is 4.03. The first-order valence-electron chi connectivity index (χ1n) is 5.20. The summed E-state index contributed by atoms with van der Waals surface area (Å²) >= 11 is 1.66. The zero-order valence-electron chi connectivity index (χ0n) is 9.67. The number of likely N-dealkylation sites (N-methyl/N-ethyl adjacent to an activating group) is 1. The highest BCUT2D eigenvalue weighted by molar-refractivity contribution is 7.11. The van der Waals surface area contributed by atoms with Crippen LogP contribution in [0.3, 0.4) is 0 Å². The number of fused-ring (bicyclic) bond motifs is 1. The molecule has 1 unspecified atom stereocenters. The molecule has 0 bridgehead atoms. The number of thiazole rings is 1. The van der Waals surface area contributed by atoms with Crippen LogP contribution in [0.15, 0.2) is 0 Å². The molecule has 1 aliphatic heterocycles. The normalized spacial score (nSPS) is 22.9. The van der Waals surface area contributed by atoms with Gasteiger partial charge in [-0.2, -0.15) is 0 Å². The van der Waals surface area contributed by atoms with Gasteiger partial charge in [-0.3, -0.25) is 4.90 Å². The molecule has 2 nitrogen and oxygen atoms in total. The Morgan fingerprint density at radius 1 is 1.47 bits per heavy atom. The monoisotopic (exact) mass is 228 g/mol. The first-order chi connectivity index (χ1) is 6.88. The Morgan fingerprint density at radius 3 is 2.73 bits per heavy atom. The van der Waals surface area contributed by atoms with Crippen molar-refractivity contribution >= 4 is 11.3 Å². The summed E-state index contributed by atoms with van der Waals surface area (Å²) in [5, 5.41) is 1.05. The van der Waals surface area contributed by atoms with Gasteiger partial charge in [0.2, 0.25) is 0 Å². The van der Waals surface area contributed by atoms with Gasteiger partial charge in [0.05, 0.1) is 10.7 Å². The SMILES string of the molecule is CN1Cc2sc(C(C)(C)C)nc2C(F)C1. The molecule has 0 spiro atoms. The van der Waals surface area contributed by atoms with E-state index in [4.69, 9.17) is 0 Å². The Morgan fingerprint density at radius 2 is 2.13 bits per heavy atom. The molecule has 15 heavy (non-hydrogen) atoms. The van der Waals surface area contributed by atoms with E-state index in [-0.39, 0.29) is 5.41 Å². The van der Waals surface area contributed by atoms with Gasteiger partial charge in [0, 0.05) is 23.4 Å². The van der Waals surface area contributed by atoms with Crippen molar-refractivity contribution in [1.82, 2.24) is 9.88 Å². The maximum absolute atomic E-state index is 13.7. The molecule has 1 atom stereocenters. The Hall–Kier alpha value is -0.480. The van der Waals surface area contributed by atoms with E-state index in [1.807, 2.05) is 11.9 Å². The van der Waals surface area contributed by atoms with Gasteiger partial charge in [-0.05, 0) is 7.05 Å². The summed E-state index contributed by atoms with van der Waals surface area (Å²) in [4.78, 5) is 7.56. The number of hydrogen-bond acceptors (Lipinski definition) is 3. The smallest absolute Gasteiger partial charge is 0.156 e. The van der Waals surface area contributed by atoms with Crippen LogP contribution in [0.5, 0.6) is 0 Å². The van der Waals surface area contributed by atoms with Gasteiger partial charge in [0.1, 0.15) is 0 Å². The number of halogens is 1. The van der Waals surface area contributed by atoms with Crippen LogP contribution in [-0.2, 0) is 12.0 Å². The van der Waals surface area contributed by atoms with Gasteiger partial charge in [-0.1, -0.05) is 20.8 Å². The quantitative estimate of drug-likeness (QED) is 0.678. The maximum atomic E-state index is 13.7. The van der Waals surface area contributed by atoms with Crippen LogP contribution in [0.2, 0.25) is 0 Å². The Labute approximate surface area is 94.1 Å². The number of hydrogen-bond donors (Lipinski definition) is 0. The number of alkyl halides is 1. The van der Waals surface area contributed by atoms with Gasteiger partial charge < -0.3 is 0 Å². The van der Waals surface area contributed by atoms with Crippen molar-refractivity contribution in [3.05, 3.63) is 15.6 Å². The summed E-state index contributed by atoms with van der Waals surface area (Å²) < 4.78 is 13.7. The summed E-state index contributed by atoms with van der Waals surface area (Å²) in [5.74, 6) is 0. The molecule has 4 heteroatoms. The molecule has 0 aliphatic carbocycles. The van der Waals surface area contributed by atoms with Crippen LogP contribution in [0.1, 0.15) is 42.5 Å². The molecule has 0 radical (unpaired) electrons. The molecular formula is C11H17FN2S. The van der Waals surface area contributed by atoms with E-state index < -0.39 is 6.17 Å². The lowest BCUT2D eigenvalue weighted by atomic mass is 9.98. The van der Waals surface area contributed by atoms with Crippen molar-refractivity contribution in [2.24, 2.45) is 0 Å². The van der Waals surface area contributed by atoms with Gasteiger partial charge in [0.25, 0.3) is 0 Å². The molecule has 0 saturated carbocycles. The highest BCUT2D eigenvalue weighted by Gasteiger charge is 2.30. The molecule has 1 aromatic rings. The zero-order valence-corrected chi connectivity index (χ0v) is 10.5. The zero-order chi connectivity index (χ0) is 11.2. The van der Waals surface area contributed by atoms with Crippen molar-refractivity contribution < 1.29 is 4.39 Å². The minimum Gasteiger partial charge on any atom is -0.298 e. The van der Waals surface area contributed by atoms with Gasteiger partial charge in [-0.25, -0.2) is 9.37 Å². The highest BCUT2D eigenvalue weighted by atomic mass is 32.1. The fourth-order valence-electron chi connectivity index (χ4n) is 1.71. The van der Waals surface area contributed by atoms with E-state index in [1.165, 1.54) is 0 Å². The van der Waals surface area contributed by atoms with Crippen molar-refractivity contribution in [3.63, 3.8) is 0 Å². The maximum Gasteiger partial charge on any atom is 0.156 e. The fourth-order valence-corrected chi connectivity index (χ4v) is 2.96. The molecule has 2 rings (SSSR count). The van der Waals surface area contributed by atoms with Gasteiger partial charge in [0.15, 0.2) is 6.17 Å². The second kappa shape index (κ2) is 3.52. The lowest BCUT2D eigenvalue weighted by molar-refractivity contribution is 0.193. The second-order valence-electron chi connectivity index (χ2n) is 5.24. The van der Waals surface area contributed by atoms with E-state index >= 15 is 0 Å². The topological polar surface area (TPSA) is 16.1 Å². The Bertz CT molecular complexity index is 367. The molecule has 0 N–H and O–H groups in total. The minimum atomic E-state index is -0.911. The molecule has 1 aromatic heterocycles. The first kappa shape index (κ1) is 11.0. The van der Waals surface area contributed by atoms with Crippen LogP contribution >= 0.6 is 11.3 Å². The number of nitrogens with zero attached hydrogens (tertiary/aromatic N) is 2. The second-order valence-corrected chi connectivity index (χ2v) is 6.33. The third kappa shape index (κ3) is 2.06. The van der Waals surface area contributed by atoms with E-state index in [0.717, 1.165) is 16.4 Å². The average molecular weight is 228 g/mol. The van der Waals surface area contributed by atoms with Crippen molar-refractivity contribution in [2.75, 3.05) is 13.6 Å². The van der Waals surface area contributed by atoms with Crippen LogP contribution < -0.4 is 0 Å². The third-order valence-electron chi connectivity index (χ3n) is 2.55. The molecule has 1 aliphatic rings. The van der Waals surface area contributed by atoms with Gasteiger partial charge in [-0.15, -0.1) is 11.3 Å². The minimum absolute atomic E-state index is 0.0281. The van der Waals surface area contributed by atoms with Crippen molar-refractivity contribution in [3.8, 4) is 0 Å². The van der Waals surface area contributed by atoms with E-state index in [0.29, 0.717) is 12.2 Å². The number of aromatic nitrogens is 1. The molecular weight excluding hydrogens is 211 g/mol.